The number of carboxylic acids is 1. The van der Waals surface area contributed by atoms with E-state index in [9.17, 15) is 9.59 Å². The molecule has 17 heavy (non-hydrogen) atoms. The molecule has 0 saturated heterocycles. The fourth-order valence-electron chi connectivity index (χ4n) is 1.27. The largest absolute Gasteiger partial charge is 0.478 e. The monoisotopic (exact) mass is 257 g/mol. The molecular weight excluding hydrogens is 246 g/mol. The number of anilines is 1. The summed E-state index contributed by atoms with van der Waals surface area (Å²) in [7, 11) is 0. The maximum atomic E-state index is 11.4. The summed E-state index contributed by atoms with van der Waals surface area (Å²) in [4.78, 5) is 22.3. The molecule has 0 aliphatic carbocycles. The Labute approximate surface area is 103 Å². The van der Waals surface area contributed by atoms with Crippen LogP contribution in [-0.2, 0) is 4.79 Å². The molecule has 0 spiro atoms. The normalized spacial score (nSPS) is 10.0. The van der Waals surface area contributed by atoms with E-state index >= 15 is 0 Å². The predicted octanol–water partition coefficient (Wildman–Crippen LogP) is 1.75. The summed E-state index contributed by atoms with van der Waals surface area (Å²) in [6.45, 7) is -0.0955. The minimum atomic E-state index is -1.16. The zero-order chi connectivity index (χ0) is 12.8. The van der Waals surface area contributed by atoms with Crippen LogP contribution in [0.15, 0.2) is 18.2 Å². The first-order chi connectivity index (χ1) is 8.06. The molecule has 0 radical (unpaired) electrons. The van der Waals surface area contributed by atoms with Crippen molar-refractivity contribution in [2.24, 2.45) is 0 Å². The van der Waals surface area contributed by atoms with Crippen LogP contribution in [0.1, 0.15) is 23.2 Å². The van der Waals surface area contributed by atoms with Gasteiger partial charge >= 0.3 is 5.97 Å². The molecule has 1 amide bonds. The van der Waals surface area contributed by atoms with Gasteiger partial charge < -0.3 is 15.5 Å². The number of halogens is 1. The highest BCUT2D eigenvalue weighted by molar-refractivity contribution is 6.34. The Morgan fingerprint density at radius 2 is 2.06 bits per heavy atom. The number of hydrogen-bond donors (Lipinski definition) is 3. The van der Waals surface area contributed by atoms with Crippen LogP contribution in [0.3, 0.4) is 0 Å². The van der Waals surface area contributed by atoms with E-state index in [0.29, 0.717) is 6.42 Å². The molecule has 0 saturated carbocycles. The number of para-hydroxylation sites is 1. The van der Waals surface area contributed by atoms with E-state index in [4.69, 9.17) is 21.8 Å². The molecule has 1 aromatic rings. The zero-order valence-corrected chi connectivity index (χ0v) is 9.70. The van der Waals surface area contributed by atoms with Gasteiger partial charge in [-0.25, -0.2) is 4.79 Å². The van der Waals surface area contributed by atoms with Gasteiger partial charge in [-0.2, -0.15) is 0 Å². The number of benzene rings is 1. The number of rotatable bonds is 5. The number of aliphatic hydroxyl groups is 1. The van der Waals surface area contributed by atoms with Crippen molar-refractivity contribution >= 4 is 29.2 Å². The highest BCUT2D eigenvalue weighted by Crippen LogP contribution is 2.26. The molecule has 0 heterocycles. The second-order valence-electron chi connectivity index (χ2n) is 3.34. The van der Waals surface area contributed by atoms with Crippen LogP contribution in [0.25, 0.3) is 0 Å². The number of aromatic carboxylic acids is 1. The standard InChI is InChI=1S/C11H12ClNO4/c12-8-4-1-3-7(11(16)17)10(8)13-9(15)5-2-6-14/h1,3-4,14H,2,5-6H2,(H,13,15)(H,16,17). The van der Waals surface area contributed by atoms with E-state index in [1.54, 1.807) is 0 Å². The van der Waals surface area contributed by atoms with Gasteiger partial charge in [0, 0.05) is 13.0 Å². The minimum absolute atomic E-state index is 0.0603. The third-order valence-corrected chi connectivity index (χ3v) is 2.39. The summed E-state index contributed by atoms with van der Waals surface area (Å²) in [6, 6.07) is 4.35. The van der Waals surface area contributed by atoms with Gasteiger partial charge in [-0.05, 0) is 18.6 Å². The fourth-order valence-corrected chi connectivity index (χ4v) is 1.49. The van der Waals surface area contributed by atoms with Crippen molar-refractivity contribution in [3.8, 4) is 0 Å². The summed E-state index contributed by atoms with van der Waals surface area (Å²) < 4.78 is 0. The van der Waals surface area contributed by atoms with Crippen LogP contribution < -0.4 is 5.32 Å². The summed E-state index contributed by atoms with van der Waals surface area (Å²) in [6.07, 6.45) is 0.430. The van der Waals surface area contributed by atoms with Crippen molar-refractivity contribution in [3.63, 3.8) is 0 Å². The molecule has 92 valence electrons. The summed E-state index contributed by atoms with van der Waals surface area (Å²) in [5.74, 6) is -1.54. The van der Waals surface area contributed by atoms with E-state index in [-0.39, 0.29) is 35.2 Å². The number of carboxylic acid groups (broad SMARTS) is 1. The van der Waals surface area contributed by atoms with Crippen molar-refractivity contribution in [1.82, 2.24) is 0 Å². The van der Waals surface area contributed by atoms with Gasteiger partial charge in [0.1, 0.15) is 0 Å². The Kier molecular flexibility index (Phi) is 4.93. The molecule has 0 bridgehead atoms. The lowest BCUT2D eigenvalue weighted by atomic mass is 10.1. The lowest BCUT2D eigenvalue weighted by Crippen LogP contribution is -2.15. The molecule has 0 aliphatic rings. The summed E-state index contributed by atoms with van der Waals surface area (Å²) in [5, 5.41) is 20.1. The van der Waals surface area contributed by atoms with Gasteiger partial charge in [0.15, 0.2) is 0 Å². The first kappa shape index (κ1) is 13.5. The van der Waals surface area contributed by atoms with Gasteiger partial charge in [0.25, 0.3) is 0 Å². The van der Waals surface area contributed by atoms with Crippen LogP contribution in [0, 0.1) is 0 Å². The van der Waals surface area contributed by atoms with Crippen LogP contribution >= 0.6 is 11.6 Å². The molecule has 3 N–H and O–H groups in total. The van der Waals surface area contributed by atoms with E-state index in [1.165, 1.54) is 18.2 Å². The topological polar surface area (TPSA) is 86.6 Å². The molecule has 1 aromatic carbocycles. The van der Waals surface area contributed by atoms with Crippen LogP contribution in [0.5, 0.6) is 0 Å². The maximum absolute atomic E-state index is 11.4. The zero-order valence-electron chi connectivity index (χ0n) is 8.94. The quantitative estimate of drug-likeness (QED) is 0.750. The number of carbonyl (C=O) groups is 2. The Morgan fingerprint density at radius 1 is 1.35 bits per heavy atom. The molecule has 0 aromatic heterocycles. The maximum Gasteiger partial charge on any atom is 0.337 e. The van der Waals surface area contributed by atoms with Crippen LogP contribution in [0.4, 0.5) is 5.69 Å². The number of aliphatic hydroxyl groups excluding tert-OH is 1. The molecule has 1 rings (SSSR count). The highest BCUT2D eigenvalue weighted by Gasteiger charge is 2.15. The third kappa shape index (κ3) is 3.72. The van der Waals surface area contributed by atoms with E-state index in [2.05, 4.69) is 5.32 Å². The van der Waals surface area contributed by atoms with Crippen molar-refractivity contribution in [2.75, 3.05) is 11.9 Å². The predicted molar refractivity (Wildman–Crippen MR) is 63.4 cm³/mol. The Balaban J connectivity index is 2.89. The average molecular weight is 258 g/mol. The van der Waals surface area contributed by atoms with Gasteiger partial charge in [-0.3, -0.25) is 4.79 Å². The van der Waals surface area contributed by atoms with Crippen LogP contribution in [-0.4, -0.2) is 28.7 Å². The van der Waals surface area contributed by atoms with Crippen molar-refractivity contribution in [1.29, 1.82) is 0 Å². The number of nitrogens with one attached hydrogen (secondary N) is 1. The lowest BCUT2D eigenvalue weighted by Gasteiger charge is -2.09. The lowest BCUT2D eigenvalue weighted by molar-refractivity contribution is -0.116. The van der Waals surface area contributed by atoms with Crippen LogP contribution in [0.2, 0.25) is 5.02 Å². The van der Waals surface area contributed by atoms with E-state index in [1.807, 2.05) is 0 Å². The van der Waals surface area contributed by atoms with E-state index in [0.717, 1.165) is 0 Å². The second kappa shape index (κ2) is 6.22. The second-order valence-corrected chi connectivity index (χ2v) is 3.75. The Morgan fingerprint density at radius 3 is 2.65 bits per heavy atom. The molecule has 5 nitrogen and oxygen atoms in total. The fraction of sp³-hybridized carbons (Fsp3) is 0.273. The van der Waals surface area contributed by atoms with Gasteiger partial charge in [0.2, 0.25) is 5.91 Å². The summed E-state index contributed by atoms with van der Waals surface area (Å²) >= 11 is 5.82. The van der Waals surface area contributed by atoms with E-state index < -0.39 is 5.97 Å². The van der Waals surface area contributed by atoms with Crippen molar-refractivity contribution in [2.45, 2.75) is 12.8 Å². The first-order valence-corrected chi connectivity index (χ1v) is 5.36. The highest BCUT2D eigenvalue weighted by atomic mass is 35.5. The van der Waals surface area contributed by atoms with Gasteiger partial charge in [0.05, 0.1) is 16.3 Å². The molecular formula is C11H12ClNO4. The first-order valence-electron chi connectivity index (χ1n) is 4.98. The van der Waals surface area contributed by atoms with Gasteiger partial charge in [-0.1, -0.05) is 17.7 Å². The van der Waals surface area contributed by atoms with Crippen molar-refractivity contribution < 1.29 is 19.8 Å². The molecule has 0 aliphatic heterocycles. The Hall–Kier alpha value is -1.59. The van der Waals surface area contributed by atoms with Crippen molar-refractivity contribution in [3.05, 3.63) is 28.8 Å². The molecule has 0 atom stereocenters. The van der Waals surface area contributed by atoms with Gasteiger partial charge in [-0.15, -0.1) is 0 Å². The molecule has 6 heteroatoms. The third-order valence-electron chi connectivity index (χ3n) is 2.07. The average Bonchev–Trinajstić information content (AvgIpc) is 2.28. The molecule has 0 unspecified atom stereocenters. The minimum Gasteiger partial charge on any atom is -0.478 e. The summed E-state index contributed by atoms with van der Waals surface area (Å²) in [5.41, 5.74) is 0.0273. The number of amides is 1. The molecule has 0 fully saturated rings. The number of hydrogen-bond acceptors (Lipinski definition) is 3. The smallest absolute Gasteiger partial charge is 0.337 e. The number of carbonyl (C=O) groups excluding carboxylic acids is 1. The Bertz CT molecular complexity index is 433. The SMILES string of the molecule is O=C(CCCO)Nc1c(Cl)cccc1C(=O)O.